The highest BCUT2D eigenvalue weighted by molar-refractivity contribution is 6.28. The summed E-state index contributed by atoms with van der Waals surface area (Å²) in [5.74, 6) is 1.76. The van der Waals surface area contributed by atoms with Crippen LogP contribution in [0.1, 0.15) is 30.5 Å². The largest absolute Gasteiger partial charge is 0.394 e. The van der Waals surface area contributed by atoms with Crippen molar-refractivity contribution in [3.8, 4) is 0 Å². The summed E-state index contributed by atoms with van der Waals surface area (Å²) in [4.78, 5) is 11.1. The molecule has 1 aromatic heterocycles. The number of hydrogen-bond acceptors (Lipinski definition) is 4. The maximum Gasteiger partial charge on any atom is 0.224 e. The summed E-state index contributed by atoms with van der Waals surface area (Å²) in [5, 5.41) is 9.89. The molecule has 0 bridgehead atoms. The third-order valence-corrected chi connectivity index (χ3v) is 4.72. The SMILES string of the molecule is OC[C@@H]1CC2C[C@H]2N1c1nc(Cl)nc2c1CCC2. The maximum atomic E-state index is 9.54. The Hall–Kier alpha value is -0.870. The number of nitrogens with zero attached hydrogens (tertiary/aromatic N) is 3. The average Bonchev–Trinajstić information content (AvgIpc) is 2.83. The molecular formula is C13H16ClN3O. The van der Waals surface area contributed by atoms with Gasteiger partial charge in [-0.3, -0.25) is 0 Å². The van der Waals surface area contributed by atoms with Crippen LogP contribution in [-0.2, 0) is 12.8 Å². The Kier molecular flexibility index (Phi) is 2.33. The van der Waals surface area contributed by atoms with E-state index in [1.54, 1.807) is 0 Å². The second-order valence-electron chi connectivity index (χ2n) is 5.64. The number of aryl methyl sites for hydroxylation is 1. The number of halogens is 1. The topological polar surface area (TPSA) is 49.2 Å². The van der Waals surface area contributed by atoms with Gasteiger partial charge in [0.15, 0.2) is 0 Å². The van der Waals surface area contributed by atoms with Crippen molar-refractivity contribution < 1.29 is 5.11 Å². The minimum absolute atomic E-state index is 0.212. The number of aliphatic hydroxyl groups excluding tert-OH is 1. The maximum absolute atomic E-state index is 9.54. The minimum atomic E-state index is 0.212. The number of piperidine rings is 1. The van der Waals surface area contributed by atoms with Crippen LogP contribution in [0.15, 0.2) is 0 Å². The predicted molar refractivity (Wildman–Crippen MR) is 68.9 cm³/mol. The van der Waals surface area contributed by atoms with E-state index in [0.717, 1.165) is 43.1 Å². The summed E-state index contributed by atoms with van der Waals surface area (Å²) in [6.07, 6.45) is 5.54. The van der Waals surface area contributed by atoms with Gasteiger partial charge < -0.3 is 10.0 Å². The molecule has 5 heteroatoms. The van der Waals surface area contributed by atoms with Crippen LogP contribution in [0, 0.1) is 5.92 Å². The third-order valence-electron chi connectivity index (χ3n) is 4.55. The van der Waals surface area contributed by atoms with Crippen molar-refractivity contribution in [2.24, 2.45) is 5.92 Å². The van der Waals surface area contributed by atoms with Crippen molar-refractivity contribution in [3.63, 3.8) is 0 Å². The first-order valence-electron chi connectivity index (χ1n) is 6.72. The van der Waals surface area contributed by atoms with Crippen molar-refractivity contribution >= 4 is 17.4 Å². The molecule has 3 aliphatic rings. The number of aliphatic hydroxyl groups is 1. The minimum Gasteiger partial charge on any atom is -0.394 e. The Morgan fingerprint density at radius 3 is 3.00 bits per heavy atom. The molecule has 4 rings (SSSR count). The third kappa shape index (κ3) is 1.48. The molecule has 1 saturated carbocycles. The van der Waals surface area contributed by atoms with E-state index >= 15 is 0 Å². The van der Waals surface area contributed by atoms with Crippen molar-refractivity contribution in [1.82, 2.24) is 9.97 Å². The van der Waals surface area contributed by atoms with Gasteiger partial charge in [-0.2, -0.15) is 0 Å². The smallest absolute Gasteiger partial charge is 0.224 e. The average molecular weight is 266 g/mol. The first kappa shape index (κ1) is 11.0. The zero-order chi connectivity index (χ0) is 12.3. The van der Waals surface area contributed by atoms with Crippen molar-refractivity contribution in [2.75, 3.05) is 11.5 Å². The zero-order valence-corrected chi connectivity index (χ0v) is 10.9. The fourth-order valence-electron chi connectivity index (χ4n) is 3.65. The van der Waals surface area contributed by atoms with E-state index in [9.17, 15) is 5.11 Å². The molecule has 0 amide bonds. The van der Waals surface area contributed by atoms with Crippen LogP contribution in [-0.4, -0.2) is 33.8 Å². The van der Waals surface area contributed by atoms with E-state index in [1.165, 1.54) is 12.0 Å². The van der Waals surface area contributed by atoms with Gasteiger partial charge in [-0.1, -0.05) is 0 Å². The van der Waals surface area contributed by atoms with E-state index < -0.39 is 0 Å². The molecule has 2 fully saturated rings. The summed E-state index contributed by atoms with van der Waals surface area (Å²) >= 11 is 6.05. The Bertz CT molecular complexity index is 507. The number of anilines is 1. The van der Waals surface area contributed by atoms with Gasteiger partial charge in [0.05, 0.1) is 18.3 Å². The van der Waals surface area contributed by atoms with Crippen molar-refractivity contribution in [2.45, 2.75) is 44.2 Å². The van der Waals surface area contributed by atoms with Gasteiger partial charge in [-0.25, -0.2) is 9.97 Å². The van der Waals surface area contributed by atoms with E-state index in [0.29, 0.717) is 11.3 Å². The van der Waals surface area contributed by atoms with Crippen LogP contribution < -0.4 is 4.90 Å². The van der Waals surface area contributed by atoms with E-state index in [2.05, 4.69) is 14.9 Å². The predicted octanol–water partition coefficient (Wildman–Crippen LogP) is 1.58. The summed E-state index contributed by atoms with van der Waals surface area (Å²) in [7, 11) is 0. The van der Waals surface area contributed by atoms with Gasteiger partial charge >= 0.3 is 0 Å². The summed E-state index contributed by atoms with van der Waals surface area (Å²) in [6, 6.07) is 0.808. The Labute approximate surface area is 111 Å². The summed E-state index contributed by atoms with van der Waals surface area (Å²) in [6.45, 7) is 0.212. The quantitative estimate of drug-likeness (QED) is 0.825. The number of aromatic nitrogens is 2. The van der Waals surface area contributed by atoms with Gasteiger partial charge in [-0.15, -0.1) is 0 Å². The van der Waals surface area contributed by atoms with Crippen LogP contribution in [0.4, 0.5) is 5.82 Å². The molecule has 1 saturated heterocycles. The standard InChI is InChI=1S/C13H16ClN3O/c14-13-15-10-3-1-2-9(10)12(16-13)17-8(6-18)4-7-5-11(7)17/h7-8,11,18H,1-6H2/t7?,8-,11+/m0/s1. The van der Waals surface area contributed by atoms with Crippen LogP contribution >= 0.6 is 11.6 Å². The van der Waals surface area contributed by atoms with E-state index in [-0.39, 0.29) is 12.6 Å². The highest BCUT2D eigenvalue weighted by Crippen LogP contribution is 2.50. The molecule has 1 unspecified atom stereocenters. The Balaban J connectivity index is 1.80. The molecule has 1 N–H and O–H groups in total. The van der Waals surface area contributed by atoms with Crippen molar-refractivity contribution in [3.05, 3.63) is 16.5 Å². The molecule has 3 atom stereocenters. The highest BCUT2D eigenvalue weighted by Gasteiger charge is 2.53. The van der Waals surface area contributed by atoms with E-state index in [1.807, 2.05) is 0 Å². The molecule has 1 aliphatic heterocycles. The van der Waals surface area contributed by atoms with Crippen molar-refractivity contribution in [1.29, 1.82) is 0 Å². The molecule has 1 aromatic rings. The molecule has 96 valence electrons. The lowest BCUT2D eigenvalue weighted by molar-refractivity contribution is 0.259. The fraction of sp³-hybridized carbons (Fsp3) is 0.692. The molecule has 0 radical (unpaired) electrons. The zero-order valence-electron chi connectivity index (χ0n) is 10.1. The number of rotatable bonds is 2. The lowest BCUT2D eigenvalue weighted by Crippen LogP contribution is -2.37. The second kappa shape index (κ2) is 3.81. The lowest BCUT2D eigenvalue weighted by atomic mass is 10.1. The van der Waals surface area contributed by atoms with Gasteiger partial charge in [0.1, 0.15) is 5.82 Å². The molecule has 0 aromatic carbocycles. The highest BCUT2D eigenvalue weighted by atomic mass is 35.5. The number of hydrogen-bond donors (Lipinski definition) is 1. The lowest BCUT2D eigenvalue weighted by Gasteiger charge is -2.29. The first-order chi connectivity index (χ1) is 8.78. The number of fused-ring (bicyclic) bond motifs is 2. The van der Waals surface area contributed by atoms with Gasteiger partial charge in [0.25, 0.3) is 0 Å². The first-order valence-corrected chi connectivity index (χ1v) is 7.10. The van der Waals surface area contributed by atoms with Gasteiger partial charge in [0, 0.05) is 11.6 Å². The molecule has 0 spiro atoms. The Morgan fingerprint density at radius 1 is 1.28 bits per heavy atom. The van der Waals surface area contributed by atoms with Crippen LogP contribution in [0.2, 0.25) is 5.28 Å². The van der Waals surface area contributed by atoms with Crippen LogP contribution in [0.5, 0.6) is 0 Å². The molecule has 2 heterocycles. The van der Waals surface area contributed by atoms with Gasteiger partial charge in [0.2, 0.25) is 5.28 Å². The Morgan fingerprint density at radius 2 is 2.17 bits per heavy atom. The van der Waals surface area contributed by atoms with Crippen LogP contribution in [0.25, 0.3) is 0 Å². The molecule has 2 aliphatic carbocycles. The molecular weight excluding hydrogens is 250 g/mol. The van der Waals surface area contributed by atoms with Gasteiger partial charge in [-0.05, 0) is 49.6 Å². The normalized spacial score (nSPS) is 32.6. The monoisotopic (exact) mass is 265 g/mol. The molecule has 18 heavy (non-hydrogen) atoms. The van der Waals surface area contributed by atoms with Crippen LogP contribution in [0.3, 0.4) is 0 Å². The summed E-state index contributed by atoms with van der Waals surface area (Å²) in [5.41, 5.74) is 2.39. The van der Waals surface area contributed by atoms with E-state index in [4.69, 9.17) is 11.6 Å². The fourth-order valence-corrected chi connectivity index (χ4v) is 3.83. The second-order valence-corrected chi connectivity index (χ2v) is 5.98. The molecule has 4 nitrogen and oxygen atoms in total. The summed E-state index contributed by atoms with van der Waals surface area (Å²) < 4.78 is 0.